The van der Waals surface area contributed by atoms with Gasteiger partial charge in [0.25, 0.3) is 5.91 Å². The fourth-order valence-electron chi connectivity index (χ4n) is 3.57. The van der Waals surface area contributed by atoms with Crippen molar-refractivity contribution in [1.82, 2.24) is 20.1 Å². The quantitative estimate of drug-likeness (QED) is 0.699. The molecule has 1 saturated heterocycles. The molecule has 0 spiro atoms. The van der Waals surface area contributed by atoms with Gasteiger partial charge in [-0.1, -0.05) is 6.07 Å². The van der Waals surface area contributed by atoms with E-state index in [-0.39, 0.29) is 12.0 Å². The maximum atomic E-state index is 12.5. The molecule has 1 aromatic carbocycles. The lowest BCUT2D eigenvalue weighted by Gasteiger charge is -2.18. The maximum Gasteiger partial charge on any atom is 0.251 e. The van der Waals surface area contributed by atoms with Crippen molar-refractivity contribution < 1.29 is 9.53 Å². The summed E-state index contributed by atoms with van der Waals surface area (Å²) in [6.45, 7) is 2.30. The summed E-state index contributed by atoms with van der Waals surface area (Å²) in [5, 5.41) is 7.11. The molecule has 1 aliphatic heterocycles. The number of carbonyl (C=O) groups is 1. The van der Waals surface area contributed by atoms with Crippen molar-refractivity contribution in [3.8, 4) is 11.4 Å². The van der Waals surface area contributed by atoms with Crippen molar-refractivity contribution in [2.45, 2.75) is 19.1 Å². The molecule has 3 heterocycles. The van der Waals surface area contributed by atoms with Crippen LogP contribution in [0.1, 0.15) is 22.3 Å². The van der Waals surface area contributed by atoms with E-state index in [2.05, 4.69) is 20.3 Å². The minimum absolute atomic E-state index is 0.0940. The van der Waals surface area contributed by atoms with Crippen molar-refractivity contribution in [1.29, 1.82) is 0 Å². The zero-order valence-electron chi connectivity index (χ0n) is 16.7. The summed E-state index contributed by atoms with van der Waals surface area (Å²) in [7, 11) is 3.64. The predicted molar refractivity (Wildman–Crippen MR) is 112 cm³/mol. The number of nitrogens with zero attached hydrogens (tertiary/aromatic N) is 4. The first-order valence-corrected chi connectivity index (χ1v) is 9.73. The van der Waals surface area contributed by atoms with Gasteiger partial charge in [0, 0.05) is 57.4 Å². The molecule has 29 heavy (non-hydrogen) atoms. The number of amides is 1. The van der Waals surface area contributed by atoms with Crippen LogP contribution in [0.25, 0.3) is 11.4 Å². The van der Waals surface area contributed by atoms with E-state index in [4.69, 9.17) is 4.74 Å². The van der Waals surface area contributed by atoms with E-state index in [0.717, 1.165) is 42.1 Å². The van der Waals surface area contributed by atoms with E-state index >= 15 is 0 Å². The summed E-state index contributed by atoms with van der Waals surface area (Å²) in [5.41, 5.74) is 4.53. The molecule has 4 rings (SSSR count). The third-order valence-corrected chi connectivity index (χ3v) is 5.33. The summed E-state index contributed by atoms with van der Waals surface area (Å²) in [6, 6.07) is 13.6. The molecule has 0 saturated carbocycles. The zero-order valence-corrected chi connectivity index (χ0v) is 16.7. The third kappa shape index (κ3) is 4.30. The van der Waals surface area contributed by atoms with E-state index in [1.165, 1.54) is 0 Å². The van der Waals surface area contributed by atoms with Gasteiger partial charge in [0.05, 0.1) is 17.5 Å². The number of pyridine rings is 1. The molecule has 1 unspecified atom stereocenters. The van der Waals surface area contributed by atoms with Crippen LogP contribution in [0, 0.1) is 0 Å². The van der Waals surface area contributed by atoms with Gasteiger partial charge in [-0.3, -0.25) is 14.5 Å². The fraction of sp³-hybridized carbons (Fsp3) is 0.318. The Morgan fingerprint density at radius 2 is 2.03 bits per heavy atom. The van der Waals surface area contributed by atoms with Gasteiger partial charge in [-0.25, -0.2) is 0 Å². The van der Waals surface area contributed by atoms with Crippen LogP contribution >= 0.6 is 0 Å². The van der Waals surface area contributed by atoms with Crippen LogP contribution < -0.4 is 10.2 Å². The highest BCUT2D eigenvalue weighted by atomic mass is 16.5. The monoisotopic (exact) mass is 391 g/mol. The van der Waals surface area contributed by atoms with Crippen molar-refractivity contribution in [2.24, 2.45) is 7.05 Å². The number of anilines is 1. The topological polar surface area (TPSA) is 72.3 Å². The number of carbonyl (C=O) groups excluding carboxylic acids is 1. The smallest absolute Gasteiger partial charge is 0.251 e. The first kappa shape index (κ1) is 19.1. The second-order valence-corrected chi connectivity index (χ2v) is 7.21. The largest absolute Gasteiger partial charge is 0.380 e. The molecular weight excluding hydrogens is 366 g/mol. The van der Waals surface area contributed by atoms with Crippen LogP contribution in [0.15, 0.2) is 54.9 Å². The molecular formula is C22H25N5O2. The molecule has 1 aliphatic rings. The Balaban J connectivity index is 1.33. The predicted octanol–water partition coefficient (Wildman–Crippen LogP) is 2.64. The zero-order chi connectivity index (χ0) is 20.2. The second-order valence-electron chi connectivity index (χ2n) is 7.21. The number of methoxy groups -OCH3 is 1. The lowest BCUT2D eigenvalue weighted by atomic mass is 10.1. The molecule has 1 amide bonds. The third-order valence-electron chi connectivity index (χ3n) is 5.33. The number of aryl methyl sites for hydroxylation is 1. The van der Waals surface area contributed by atoms with E-state index < -0.39 is 0 Å². The number of hydrogen-bond donors (Lipinski definition) is 1. The molecule has 1 fully saturated rings. The van der Waals surface area contributed by atoms with Gasteiger partial charge in [-0.05, 0) is 48.4 Å². The normalized spacial score (nSPS) is 16.2. The van der Waals surface area contributed by atoms with Crippen LogP contribution in [-0.4, -0.2) is 47.0 Å². The van der Waals surface area contributed by atoms with Gasteiger partial charge in [-0.15, -0.1) is 0 Å². The number of benzene rings is 1. The summed E-state index contributed by atoms with van der Waals surface area (Å²) in [4.78, 5) is 19.2. The van der Waals surface area contributed by atoms with Gasteiger partial charge < -0.3 is 15.0 Å². The minimum Gasteiger partial charge on any atom is -0.380 e. The van der Waals surface area contributed by atoms with Crippen LogP contribution in [0.2, 0.25) is 0 Å². The average molecular weight is 391 g/mol. The lowest BCUT2D eigenvalue weighted by Crippen LogP contribution is -2.24. The second kappa shape index (κ2) is 8.45. The maximum absolute atomic E-state index is 12.5. The summed E-state index contributed by atoms with van der Waals surface area (Å²) < 4.78 is 7.20. The molecule has 3 aromatic rings. The van der Waals surface area contributed by atoms with Crippen molar-refractivity contribution in [3.05, 3.63) is 66.0 Å². The van der Waals surface area contributed by atoms with Crippen molar-refractivity contribution in [3.63, 3.8) is 0 Å². The van der Waals surface area contributed by atoms with Crippen molar-refractivity contribution in [2.75, 3.05) is 25.1 Å². The minimum atomic E-state index is -0.0940. The number of hydrogen-bond acceptors (Lipinski definition) is 5. The Morgan fingerprint density at radius 1 is 1.21 bits per heavy atom. The van der Waals surface area contributed by atoms with E-state index in [9.17, 15) is 4.79 Å². The Labute approximate surface area is 170 Å². The van der Waals surface area contributed by atoms with Crippen LogP contribution in [-0.2, 0) is 18.3 Å². The van der Waals surface area contributed by atoms with Gasteiger partial charge in [0.1, 0.15) is 0 Å². The Bertz CT molecular complexity index is 966. The van der Waals surface area contributed by atoms with Crippen LogP contribution in [0.4, 0.5) is 5.69 Å². The molecule has 150 valence electrons. The lowest BCUT2D eigenvalue weighted by molar-refractivity contribution is 0.0951. The van der Waals surface area contributed by atoms with E-state index in [0.29, 0.717) is 12.1 Å². The highest BCUT2D eigenvalue weighted by Crippen LogP contribution is 2.22. The van der Waals surface area contributed by atoms with Crippen LogP contribution in [0.3, 0.4) is 0 Å². The van der Waals surface area contributed by atoms with Gasteiger partial charge in [0.2, 0.25) is 0 Å². The number of nitrogens with one attached hydrogen (secondary N) is 1. The molecule has 0 aliphatic carbocycles. The number of aromatic nitrogens is 3. The molecule has 2 aromatic heterocycles. The Hall–Kier alpha value is -3.19. The fourth-order valence-corrected chi connectivity index (χ4v) is 3.57. The summed E-state index contributed by atoms with van der Waals surface area (Å²) in [6.07, 6.45) is 4.85. The SMILES string of the molecule is COC1CCN(c2ccc(C(=O)NCc3ccc(-c4ccnn4C)nc3)cc2)C1. The standard InChI is InChI=1S/C22H25N5O2/c1-26-21(9-11-25-26)20-8-3-16(13-23-20)14-24-22(28)17-4-6-18(7-5-17)27-12-10-19(15-27)29-2/h3-9,11,13,19H,10,12,14-15H2,1-2H3,(H,24,28). The summed E-state index contributed by atoms with van der Waals surface area (Å²) >= 11 is 0. The highest BCUT2D eigenvalue weighted by Gasteiger charge is 2.22. The first-order valence-electron chi connectivity index (χ1n) is 9.73. The van der Waals surface area contributed by atoms with Gasteiger partial charge in [-0.2, -0.15) is 5.10 Å². The average Bonchev–Trinajstić information content (AvgIpc) is 3.41. The van der Waals surface area contributed by atoms with Crippen LogP contribution in [0.5, 0.6) is 0 Å². The molecule has 0 radical (unpaired) electrons. The molecule has 0 bridgehead atoms. The summed E-state index contributed by atoms with van der Waals surface area (Å²) in [5.74, 6) is -0.0940. The van der Waals surface area contributed by atoms with E-state index in [1.807, 2.05) is 49.5 Å². The molecule has 1 atom stereocenters. The van der Waals surface area contributed by atoms with E-state index in [1.54, 1.807) is 24.2 Å². The Morgan fingerprint density at radius 3 is 2.66 bits per heavy atom. The van der Waals surface area contributed by atoms with Gasteiger partial charge in [0.15, 0.2) is 0 Å². The first-order chi connectivity index (χ1) is 14.1. The molecule has 7 nitrogen and oxygen atoms in total. The van der Waals surface area contributed by atoms with Crippen molar-refractivity contribution >= 4 is 11.6 Å². The number of rotatable bonds is 6. The highest BCUT2D eigenvalue weighted by molar-refractivity contribution is 5.94. The number of ether oxygens (including phenoxy) is 1. The molecule has 1 N–H and O–H groups in total. The Kier molecular flexibility index (Phi) is 5.57. The molecule has 7 heteroatoms. The van der Waals surface area contributed by atoms with Gasteiger partial charge >= 0.3 is 0 Å².